The zero-order chi connectivity index (χ0) is 21.3. The molecule has 1 aliphatic rings. The third kappa shape index (κ3) is 3.97. The number of piperazine rings is 1. The van der Waals surface area contributed by atoms with Gasteiger partial charge in [-0.05, 0) is 19.0 Å². The number of hydrogen-bond acceptors (Lipinski definition) is 7. The maximum atomic E-state index is 13.0. The molecular weight excluding hydrogens is 418 g/mol. The molecule has 2 aromatic heterocycles. The normalized spacial score (nSPS) is 16.1. The zero-order valence-corrected chi connectivity index (χ0v) is 18.7. The fourth-order valence-electron chi connectivity index (χ4n) is 3.65. The minimum atomic E-state index is -0.370. The molecule has 0 radical (unpaired) electrons. The van der Waals surface area contributed by atoms with Crippen LogP contribution in [0, 0.1) is 0 Å². The highest BCUT2D eigenvalue weighted by Gasteiger charge is 2.27. The van der Waals surface area contributed by atoms with Crippen LogP contribution in [0.1, 0.15) is 13.8 Å². The Balaban J connectivity index is 1.57. The Bertz CT molecular complexity index is 1100. The predicted molar refractivity (Wildman–Crippen MR) is 123 cm³/mol. The number of benzene rings is 1. The van der Waals surface area contributed by atoms with E-state index in [1.165, 1.54) is 23.1 Å². The molecule has 1 atom stereocenters. The van der Waals surface area contributed by atoms with Crippen LogP contribution in [0.25, 0.3) is 21.3 Å². The number of hydrogen-bond donors (Lipinski definition) is 1. The summed E-state index contributed by atoms with van der Waals surface area (Å²) < 4.78 is 1.07. The highest BCUT2D eigenvalue weighted by molar-refractivity contribution is 8.00. The van der Waals surface area contributed by atoms with Crippen molar-refractivity contribution in [3.05, 3.63) is 46.1 Å². The lowest BCUT2D eigenvalue weighted by atomic mass is 10.1. The largest absolute Gasteiger partial charge is 0.339 e. The van der Waals surface area contributed by atoms with E-state index in [0.717, 1.165) is 48.5 Å². The Morgan fingerprint density at radius 2 is 1.93 bits per heavy atom. The number of likely N-dealkylation sites (N-methyl/N-ethyl adjacent to an activating group) is 1. The van der Waals surface area contributed by atoms with Crippen molar-refractivity contribution in [2.45, 2.75) is 24.3 Å². The number of nitrogens with two attached hydrogens (primary N) is 1. The van der Waals surface area contributed by atoms with Gasteiger partial charge in [-0.2, -0.15) is 0 Å². The van der Waals surface area contributed by atoms with Crippen LogP contribution >= 0.6 is 23.1 Å². The van der Waals surface area contributed by atoms with Gasteiger partial charge in [-0.3, -0.25) is 9.59 Å². The van der Waals surface area contributed by atoms with Crippen LogP contribution in [-0.4, -0.2) is 63.3 Å². The molecule has 1 aliphatic heterocycles. The lowest BCUT2D eigenvalue weighted by molar-refractivity contribution is -0.132. The van der Waals surface area contributed by atoms with Gasteiger partial charge in [0.25, 0.3) is 5.56 Å². The average Bonchev–Trinajstić information content (AvgIpc) is 3.21. The first-order chi connectivity index (χ1) is 14.5. The van der Waals surface area contributed by atoms with Gasteiger partial charge in [0.1, 0.15) is 4.83 Å². The Morgan fingerprint density at radius 1 is 1.23 bits per heavy atom. The van der Waals surface area contributed by atoms with E-state index in [-0.39, 0.29) is 16.7 Å². The lowest BCUT2D eigenvalue weighted by Gasteiger charge is -2.35. The second-order valence-corrected chi connectivity index (χ2v) is 9.45. The highest BCUT2D eigenvalue weighted by Crippen LogP contribution is 2.32. The smallest absolute Gasteiger partial charge is 0.282 e. The van der Waals surface area contributed by atoms with Gasteiger partial charge in [-0.25, -0.2) is 9.66 Å². The topological polar surface area (TPSA) is 84.5 Å². The maximum Gasteiger partial charge on any atom is 0.282 e. The molecule has 1 amide bonds. The van der Waals surface area contributed by atoms with E-state index in [0.29, 0.717) is 15.4 Å². The SMILES string of the molecule is CCN1CCN(C(=O)C(C)Sc2nc3scc(-c4ccccc4)c3c(=O)n2N)CC1. The number of nitrogen functional groups attached to an aromatic ring is 1. The molecule has 2 N–H and O–H groups in total. The second-order valence-electron chi connectivity index (χ2n) is 7.28. The quantitative estimate of drug-likeness (QED) is 0.371. The van der Waals surface area contributed by atoms with E-state index in [9.17, 15) is 9.59 Å². The van der Waals surface area contributed by atoms with Crippen LogP contribution < -0.4 is 11.4 Å². The third-order valence-corrected chi connectivity index (χ3v) is 7.38. The summed E-state index contributed by atoms with van der Waals surface area (Å²) in [6.07, 6.45) is 0. The number of nitrogens with zero attached hydrogens (tertiary/aromatic N) is 4. The first-order valence-corrected chi connectivity index (χ1v) is 11.8. The predicted octanol–water partition coefficient (Wildman–Crippen LogP) is 2.48. The first-order valence-electron chi connectivity index (χ1n) is 10.0. The highest BCUT2D eigenvalue weighted by atomic mass is 32.2. The van der Waals surface area contributed by atoms with Gasteiger partial charge in [-0.15, -0.1) is 11.3 Å². The summed E-state index contributed by atoms with van der Waals surface area (Å²) in [5.74, 6) is 6.17. The molecule has 0 bridgehead atoms. The van der Waals surface area contributed by atoms with Crippen LogP contribution in [0.4, 0.5) is 0 Å². The number of thioether (sulfide) groups is 1. The van der Waals surface area contributed by atoms with Gasteiger partial charge in [0, 0.05) is 37.1 Å². The molecule has 3 aromatic rings. The van der Waals surface area contributed by atoms with Gasteiger partial charge >= 0.3 is 0 Å². The van der Waals surface area contributed by atoms with Gasteiger partial charge in [0.2, 0.25) is 5.91 Å². The minimum absolute atomic E-state index is 0.0567. The molecule has 7 nitrogen and oxygen atoms in total. The Morgan fingerprint density at radius 3 is 2.60 bits per heavy atom. The molecule has 1 fully saturated rings. The monoisotopic (exact) mass is 443 g/mol. The van der Waals surface area contributed by atoms with Crippen molar-refractivity contribution in [3.8, 4) is 11.1 Å². The van der Waals surface area contributed by atoms with E-state index in [1.807, 2.05) is 47.5 Å². The molecular formula is C21H25N5O2S2. The number of fused-ring (bicyclic) bond motifs is 1. The number of carbonyl (C=O) groups excluding carboxylic acids is 1. The zero-order valence-electron chi connectivity index (χ0n) is 17.1. The summed E-state index contributed by atoms with van der Waals surface area (Å²) in [6.45, 7) is 8.22. The van der Waals surface area contributed by atoms with Crippen molar-refractivity contribution < 1.29 is 4.79 Å². The minimum Gasteiger partial charge on any atom is -0.339 e. The summed E-state index contributed by atoms with van der Waals surface area (Å²) in [7, 11) is 0. The standard InChI is InChI=1S/C21H25N5O2S2/c1-3-24-9-11-25(12-10-24)19(27)14(2)30-21-23-18-17(20(28)26(21)22)16(13-29-18)15-7-5-4-6-8-15/h4-8,13-14H,3,9-12,22H2,1-2H3. The molecule has 0 saturated carbocycles. The molecule has 30 heavy (non-hydrogen) atoms. The van der Waals surface area contributed by atoms with Gasteiger partial charge in [0.15, 0.2) is 5.16 Å². The van der Waals surface area contributed by atoms with Crippen molar-refractivity contribution in [3.63, 3.8) is 0 Å². The average molecular weight is 444 g/mol. The summed E-state index contributed by atoms with van der Waals surface area (Å²) >= 11 is 2.66. The maximum absolute atomic E-state index is 13.0. The summed E-state index contributed by atoms with van der Waals surface area (Å²) in [6, 6.07) is 9.73. The van der Waals surface area contributed by atoms with Crippen molar-refractivity contribution in [2.24, 2.45) is 0 Å². The Labute approximate surface area is 183 Å². The molecule has 158 valence electrons. The van der Waals surface area contributed by atoms with E-state index in [4.69, 9.17) is 5.84 Å². The molecule has 1 unspecified atom stereocenters. The molecule has 1 saturated heterocycles. The van der Waals surface area contributed by atoms with Crippen molar-refractivity contribution >= 4 is 39.2 Å². The fraction of sp³-hybridized carbons (Fsp3) is 0.381. The Kier molecular flexibility index (Phi) is 6.12. The van der Waals surface area contributed by atoms with Crippen LogP contribution in [-0.2, 0) is 4.79 Å². The van der Waals surface area contributed by atoms with Crippen LogP contribution in [0.2, 0.25) is 0 Å². The van der Waals surface area contributed by atoms with Crippen LogP contribution in [0.5, 0.6) is 0 Å². The first kappa shape index (κ1) is 20.9. The summed E-state index contributed by atoms with van der Waals surface area (Å²) in [5, 5.41) is 2.45. The van der Waals surface area contributed by atoms with Crippen LogP contribution in [0.3, 0.4) is 0 Å². The Hall–Kier alpha value is -2.36. The van der Waals surface area contributed by atoms with Crippen molar-refractivity contribution in [2.75, 3.05) is 38.6 Å². The number of amides is 1. The van der Waals surface area contributed by atoms with E-state index >= 15 is 0 Å². The van der Waals surface area contributed by atoms with Crippen LogP contribution in [0.15, 0.2) is 45.7 Å². The van der Waals surface area contributed by atoms with Crippen molar-refractivity contribution in [1.82, 2.24) is 19.5 Å². The third-order valence-electron chi connectivity index (χ3n) is 5.45. The van der Waals surface area contributed by atoms with Gasteiger partial charge < -0.3 is 15.6 Å². The van der Waals surface area contributed by atoms with E-state index < -0.39 is 0 Å². The van der Waals surface area contributed by atoms with E-state index in [1.54, 1.807) is 0 Å². The van der Waals surface area contributed by atoms with E-state index in [2.05, 4.69) is 16.8 Å². The molecule has 1 aromatic carbocycles. The second kappa shape index (κ2) is 8.79. The summed E-state index contributed by atoms with van der Waals surface area (Å²) in [5.41, 5.74) is 1.50. The molecule has 0 spiro atoms. The summed E-state index contributed by atoms with van der Waals surface area (Å²) in [4.78, 5) is 35.4. The lowest BCUT2D eigenvalue weighted by Crippen LogP contribution is -2.50. The molecule has 0 aliphatic carbocycles. The number of aromatic nitrogens is 2. The van der Waals surface area contributed by atoms with Gasteiger partial charge in [-0.1, -0.05) is 49.0 Å². The molecule has 3 heterocycles. The molecule has 9 heteroatoms. The van der Waals surface area contributed by atoms with Gasteiger partial charge in [0.05, 0.1) is 10.6 Å². The number of thiophene rings is 1. The van der Waals surface area contributed by atoms with Crippen molar-refractivity contribution in [1.29, 1.82) is 0 Å². The fourth-order valence-corrected chi connectivity index (χ4v) is 5.55. The number of rotatable bonds is 5. The molecule has 4 rings (SSSR count). The number of carbonyl (C=O) groups is 1.